The zero-order valence-corrected chi connectivity index (χ0v) is 16.1. The van der Waals surface area contributed by atoms with Crippen LogP contribution in [0.5, 0.6) is 5.75 Å². The van der Waals surface area contributed by atoms with E-state index in [0.717, 1.165) is 11.3 Å². The molecule has 2 amide bonds. The van der Waals surface area contributed by atoms with Crippen LogP contribution < -0.4 is 10.1 Å². The largest absolute Gasteiger partial charge is 0.497 e. The molecule has 2 aromatic carbocycles. The maximum Gasteiger partial charge on any atom is 0.318 e. The average molecular weight is 382 g/mol. The molecule has 0 saturated heterocycles. The standard InChI is InChI=1S/C21H23FN4O2/c1-25-11-10-23-20(25)19(16-7-5-8-17(22)13-16)24-21(27)26(2)14-15-6-4-9-18(12-15)28-3/h4-13,19H,14H2,1-3H3,(H,24,27). The van der Waals surface area contributed by atoms with E-state index in [1.54, 1.807) is 48.2 Å². The number of amides is 2. The SMILES string of the molecule is COc1cccc(CN(C)C(=O)NC(c2cccc(F)c2)c2nccn2C)c1. The summed E-state index contributed by atoms with van der Waals surface area (Å²) in [7, 11) is 5.14. The number of methoxy groups -OCH3 is 1. The van der Waals surface area contributed by atoms with E-state index in [2.05, 4.69) is 10.3 Å². The van der Waals surface area contributed by atoms with E-state index >= 15 is 0 Å². The highest BCUT2D eigenvalue weighted by molar-refractivity contribution is 5.75. The van der Waals surface area contributed by atoms with Gasteiger partial charge in [0.1, 0.15) is 23.4 Å². The van der Waals surface area contributed by atoms with Crippen LogP contribution >= 0.6 is 0 Å². The molecule has 0 fully saturated rings. The molecular formula is C21H23FN4O2. The molecule has 0 aliphatic heterocycles. The number of nitrogens with one attached hydrogen (secondary N) is 1. The maximum atomic E-state index is 13.8. The Bertz CT molecular complexity index is 957. The van der Waals surface area contributed by atoms with Crippen molar-refractivity contribution in [1.29, 1.82) is 0 Å². The summed E-state index contributed by atoms with van der Waals surface area (Å²) in [6, 6.07) is 12.8. The van der Waals surface area contributed by atoms with Crippen LogP contribution in [0.15, 0.2) is 60.9 Å². The Balaban J connectivity index is 1.80. The Morgan fingerprint density at radius 3 is 2.75 bits per heavy atom. The lowest BCUT2D eigenvalue weighted by Crippen LogP contribution is -2.40. The van der Waals surface area contributed by atoms with E-state index < -0.39 is 6.04 Å². The monoisotopic (exact) mass is 382 g/mol. The molecule has 28 heavy (non-hydrogen) atoms. The lowest BCUT2D eigenvalue weighted by Gasteiger charge is -2.24. The summed E-state index contributed by atoms with van der Waals surface area (Å²) < 4.78 is 20.8. The van der Waals surface area contributed by atoms with Crippen LogP contribution in [0.3, 0.4) is 0 Å². The van der Waals surface area contributed by atoms with Gasteiger partial charge in [0.2, 0.25) is 0 Å². The Morgan fingerprint density at radius 1 is 1.29 bits per heavy atom. The highest BCUT2D eigenvalue weighted by atomic mass is 19.1. The average Bonchev–Trinajstić information content (AvgIpc) is 3.11. The van der Waals surface area contributed by atoms with Gasteiger partial charge in [-0.05, 0) is 35.4 Å². The highest BCUT2D eigenvalue weighted by Gasteiger charge is 2.23. The van der Waals surface area contributed by atoms with E-state index in [9.17, 15) is 9.18 Å². The molecule has 1 N–H and O–H groups in total. The van der Waals surface area contributed by atoms with Crippen molar-refractivity contribution < 1.29 is 13.9 Å². The van der Waals surface area contributed by atoms with Gasteiger partial charge in [-0.25, -0.2) is 14.2 Å². The van der Waals surface area contributed by atoms with Crippen molar-refractivity contribution >= 4 is 6.03 Å². The number of aryl methyl sites for hydroxylation is 1. The number of halogens is 1. The van der Waals surface area contributed by atoms with Crippen LogP contribution in [0, 0.1) is 5.82 Å². The zero-order valence-electron chi connectivity index (χ0n) is 16.1. The molecule has 0 aliphatic rings. The third-order valence-corrected chi connectivity index (χ3v) is 4.47. The number of ether oxygens (including phenoxy) is 1. The molecule has 0 spiro atoms. The van der Waals surface area contributed by atoms with Crippen LogP contribution in [-0.4, -0.2) is 34.6 Å². The number of carbonyl (C=O) groups is 1. The lowest BCUT2D eigenvalue weighted by molar-refractivity contribution is 0.203. The fourth-order valence-corrected chi connectivity index (χ4v) is 2.99. The smallest absolute Gasteiger partial charge is 0.318 e. The number of benzene rings is 2. The first-order valence-electron chi connectivity index (χ1n) is 8.85. The Kier molecular flexibility index (Phi) is 5.93. The minimum Gasteiger partial charge on any atom is -0.497 e. The maximum absolute atomic E-state index is 13.8. The van der Waals surface area contributed by atoms with E-state index in [4.69, 9.17) is 4.74 Å². The number of hydrogen-bond donors (Lipinski definition) is 1. The molecular weight excluding hydrogens is 359 g/mol. The van der Waals surface area contributed by atoms with Crippen molar-refractivity contribution in [1.82, 2.24) is 19.8 Å². The van der Waals surface area contributed by atoms with Crippen molar-refractivity contribution in [3.8, 4) is 5.75 Å². The summed E-state index contributed by atoms with van der Waals surface area (Å²) in [5, 5.41) is 2.96. The minimum atomic E-state index is -0.573. The summed E-state index contributed by atoms with van der Waals surface area (Å²) >= 11 is 0. The molecule has 1 heterocycles. The highest BCUT2D eigenvalue weighted by Crippen LogP contribution is 2.22. The number of rotatable bonds is 6. The lowest BCUT2D eigenvalue weighted by atomic mass is 10.1. The number of imidazole rings is 1. The molecule has 7 heteroatoms. The van der Waals surface area contributed by atoms with E-state index in [1.807, 2.05) is 31.3 Å². The van der Waals surface area contributed by atoms with Crippen LogP contribution in [0.4, 0.5) is 9.18 Å². The summed E-state index contributed by atoms with van der Waals surface area (Å²) in [5.41, 5.74) is 1.56. The second kappa shape index (κ2) is 8.56. The molecule has 0 radical (unpaired) electrons. The van der Waals surface area contributed by atoms with Crippen molar-refractivity contribution in [2.45, 2.75) is 12.6 Å². The normalized spacial score (nSPS) is 11.7. The minimum absolute atomic E-state index is 0.292. The van der Waals surface area contributed by atoms with Crippen molar-refractivity contribution in [3.05, 3.63) is 83.7 Å². The molecule has 3 rings (SSSR count). The molecule has 3 aromatic rings. The predicted octanol–water partition coefficient (Wildman–Crippen LogP) is 3.50. The first-order valence-corrected chi connectivity index (χ1v) is 8.85. The predicted molar refractivity (Wildman–Crippen MR) is 104 cm³/mol. The summed E-state index contributed by atoms with van der Waals surface area (Å²) in [5.74, 6) is 0.987. The second-order valence-electron chi connectivity index (χ2n) is 6.54. The van der Waals surface area contributed by atoms with E-state index in [-0.39, 0.29) is 11.8 Å². The Hall–Kier alpha value is -3.35. The third kappa shape index (κ3) is 4.49. The van der Waals surface area contributed by atoms with Gasteiger partial charge in [0, 0.05) is 33.0 Å². The summed E-state index contributed by atoms with van der Waals surface area (Å²) in [4.78, 5) is 18.7. The van der Waals surface area contributed by atoms with Gasteiger partial charge in [0.25, 0.3) is 0 Å². The first-order chi connectivity index (χ1) is 13.5. The molecule has 1 unspecified atom stereocenters. The van der Waals surface area contributed by atoms with E-state index in [1.165, 1.54) is 12.1 Å². The molecule has 1 atom stereocenters. The first kappa shape index (κ1) is 19.4. The van der Waals surface area contributed by atoms with Crippen molar-refractivity contribution in [2.24, 2.45) is 7.05 Å². The molecule has 0 saturated carbocycles. The molecule has 1 aromatic heterocycles. The van der Waals surface area contributed by atoms with Crippen LogP contribution in [0.25, 0.3) is 0 Å². The molecule has 6 nitrogen and oxygen atoms in total. The van der Waals surface area contributed by atoms with Gasteiger partial charge in [0.15, 0.2) is 0 Å². The van der Waals surface area contributed by atoms with Gasteiger partial charge >= 0.3 is 6.03 Å². The van der Waals surface area contributed by atoms with Crippen LogP contribution in [0.2, 0.25) is 0 Å². The zero-order chi connectivity index (χ0) is 20.1. The summed E-state index contributed by atoms with van der Waals surface area (Å²) in [6.07, 6.45) is 3.43. The van der Waals surface area contributed by atoms with E-state index in [0.29, 0.717) is 17.9 Å². The molecule has 0 bridgehead atoms. The number of carbonyl (C=O) groups excluding carboxylic acids is 1. The Morgan fingerprint density at radius 2 is 2.07 bits per heavy atom. The van der Waals surface area contributed by atoms with Crippen LogP contribution in [-0.2, 0) is 13.6 Å². The van der Waals surface area contributed by atoms with Crippen LogP contribution in [0.1, 0.15) is 23.0 Å². The fraction of sp³-hybridized carbons (Fsp3) is 0.238. The molecule has 146 valence electrons. The fourth-order valence-electron chi connectivity index (χ4n) is 2.99. The topological polar surface area (TPSA) is 59.4 Å². The Labute approximate surface area is 163 Å². The van der Waals surface area contributed by atoms with Crippen molar-refractivity contribution in [3.63, 3.8) is 0 Å². The number of urea groups is 1. The molecule has 0 aliphatic carbocycles. The van der Waals surface area contributed by atoms with Gasteiger partial charge in [-0.2, -0.15) is 0 Å². The van der Waals surface area contributed by atoms with Gasteiger partial charge < -0.3 is 19.5 Å². The number of aromatic nitrogens is 2. The second-order valence-corrected chi connectivity index (χ2v) is 6.54. The van der Waals surface area contributed by atoms with Gasteiger partial charge in [-0.15, -0.1) is 0 Å². The number of hydrogen-bond acceptors (Lipinski definition) is 3. The van der Waals surface area contributed by atoms with Gasteiger partial charge in [-0.3, -0.25) is 0 Å². The third-order valence-electron chi connectivity index (χ3n) is 4.47. The van der Waals surface area contributed by atoms with Gasteiger partial charge in [-0.1, -0.05) is 24.3 Å². The summed E-state index contributed by atoms with van der Waals surface area (Å²) in [6.45, 7) is 0.402. The quantitative estimate of drug-likeness (QED) is 0.710. The van der Waals surface area contributed by atoms with Gasteiger partial charge in [0.05, 0.1) is 7.11 Å². The number of nitrogens with zero attached hydrogens (tertiary/aromatic N) is 3. The van der Waals surface area contributed by atoms with Crippen molar-refractivity contribution in [2.75, 3.05) is 14.2 Å².